The minimum Gasteiger partial charge on any atom is -0.387 e. The number of benzene rings is 1. The van der Waals surface area contributed by atoms with Gasteiger partial charge in [-0.25, -0.2) is 19.9 Å². The maximum atomic E-state index is 10.6. The van der Waals surface area contributed by atoms with E-state index in [2.05, 4.69) is 43.5 Å². The number of nitrogen functional groups attached to an aromatic ring is 1. The highest BCUT2D eigenvalue weighted by Crippen LogP contribution is 2.41. The van der Waals surface area contributed by atoms with Gasteiger partial charge in [-0.05, 0) is 74.1 Å². The number of aromatic nitrogens is 6. The molecule has 3 aliphatic rings. The number of imidazole rings is 2. The standard InChI is InChI=1S/C27H34N8O3/c28-25-22-26(31-12-30-25)35(13-32-22)27-24(37)23(36)20(38-27)11-29-10-15-7-14(8-15)1-6-21-33-18-5-4-17(16-2-3-16)9-19(18)34-21/h4-5,9,12-16,20,23-24,27,29,36-37H,1-3,6-8,10-11H2,(H,33,34)(H2,28,30,31)/t14-,15-,20-,23-,24-,27-/m1/s1. The van der Waals surface area contributed by atoms with E-state index in [4.69, 9.17) is 15.5 Å². The van der Waals surface area contributed by atoms with E-state index in [0.717, 1.165) is 48.1 Å². The zero-order valence-electron chi connectivity index (χ0n) is 21.2. The number of ether oxygens (including phenoxy) is 1. The minimum absolute atomic E-state index is 0.263. The number of aliphatic hydroxyl groups is 2. The summed E-state index contributed by atoms with van der Waals surface area (Å²) >= 11 is 0. The van der Waals surface area contributed by atoms with E-state index in [1.54, 1.807) is 4.57 Å². The van der Waals surface area contributed by atoms with Crippen molar-refractivity contribution < 1.29 is 14.9 Å². The molecule has 0 unspecified atom stereocenters. The van der Waals surface area contributed by atoms with E-state index in [1.807, 2.05) is 0 Å². The van der Waals surface area contributed by atoms with E-state index in [1.165, 1.54) is 43.9 Å². The predicted molar refractivity (Wildman–Crippen MR) is 141 cm³/mol. The topological polar surface area (TPSA) is 160 Å². The van der Waals surface area contributed by atoms with Crippen LogP contribution in [0.25, 0.3) is 22.2 Å². The number of hydrogen-bond donors (Lipinski definition) is 5. The van der Waals surface area contributed by atoms with E-state index in [9.17, 15) is 10.2 Å². The Balaban J connectivity index is 0.861. The number of nitrogens with one attached hydrogen (secondary N) is 2. The van der Waals surface area contributed by atoms with Gasteiger partial charge in [-0.1, -0.05) is 6.07 Å². The number of nitrogens with zero attached hydrogens (tertiary/aromatic N) is 5. The second-order valence-corrected chi connectivity index (χ2v) is 11.3. The lowest BCUT2D eigenvalue weighted by molar-refractivity contribution is -0.0346. The van der Waals surface area contributed by atoms with Gasteiger partial charge in [0, 0.05) is 13.0 Å². The molecule has 4 atom stereocenters. The Morgan fingerprint density at radius 3 is 2.79 bits per heavy atom. The molecule has 6 N–H and O–H groups in total. The van der Waals surface area contributed by atoms with E-state index >= 15 is 0 Å². The molecule has 3 aromatic heterocycles. The van der Waals surface area contributed by atoms with E-state index in [-0.39, 0.29) is 5.82 Å². The highest BCUT2D eigenvalue weighted by atomic mass is 16.6. The average molecular weight is 519 g/mol. The summed E-state index contributed by atoms with van der Waals surface area (Å²) in [6.07, 6.45) is 6.58. The van der Waals surface area contributed by atoms with Crippen LogP contribution in [-0.4, -0.2) is 71.1 Å². The van der Waals surface area contributed by atoms with Gasteiger partial charge in [-0.15, -0.1) is 0 Å². The van der Waals surface area contributed by atoms with E-state index in [0.29, 0.717) is 23.6 Å². The summed E-state index contributed by atoms with van der Waals surface area (Å²) < 4.78 is 7.62. The van der Waals surface area contributed by atoms with Crippen molar-refractivity contribution in [1.29, 1.82) is 0 Å². The van der Waals surface area contributed by atoms with Gasteiger partial charge in [0.05, 0.1) is 17.4 Å². The van der Waals surface area contributed by atoms with Crippen molar-refractivity contribution in [2.24, 2.45) is 11.8 Å². The van der Waals surface area contributed by atoms with Crippen LogP contribution in [0.1, 0.15) is 55.6 Å². The second-order valence-electron chi connectivity index (χ2n) is 11.3. The molecule has 0 amide bonds. The van der Waals surface area contributed by atoms with Crippen LogP contribution in [0.5, 0.6) is 0 Å². The fraction of sp³-hybridized carbons (Fsp3) is 0.556. The summed E-state index contributed by atoms with van der Waals surface area (Å²) in [4.78, 5) is 20.7. The summed E-state index contributed by atoms with van der Waals surface area (Å²) in [5.74, 6) is 3.45. The predicted octanol–water partition coefficient (Wildman–Crippen LogP) is 2.03. The molecule has 3 fully saturated rings. The fourth-order valence-corrected chi connectivity index (χ4v) is 6.10. The maximum Gasteiger partial charge on any atom is 0.167 e. The number of aryl methyl sites for hydroxylation is 1. The molecule has 2 saturated carbocycles. The van der Waals surface area contributed by atoms with Crippen LogP contribution in [0.15, 0.2) is 30.9 Å². The zero-order chi connectivity index (χ0) is 25.8. The maximum absolute atomic E-state index is 10.6. The summed E-state index contributed by atoms with van der Waals surface area (Å²) in [6, 6.07) is 6.68. The number of fused-ring (bicyclic) bond motifs is 2. The number of aliphatic hydroxyl groups excluding tert-OH is 2. The Morgan fingerprint density at radius 1 is 1.08 bits per heavy atom. The number of hydrogen-bond acceptors (Lipinski definition) is 9. The number of H-pyrrole nitrogens is 1. The van der Waals surface area contributed by atoms with Crippen molar-refractivity contribution in [3.63, 3.8) is 0 Å². The number of anilines is 1. The van der Waals surface area contributed by atoms with Crippen LogP contribution < -0.4 is 11.1 Å². The van der Waals surface area contributed by atoms with Gasteiger partial charge in [-0.3, -0.25) is 4.57 Å². The van der Waals surface area contributed by atoms with Gasteiger partial charge in [0.1, 0.15) is 36.0 Å². The van der Waals surface area contributed by atoms with Gasteiger partial charge in [0.25, 0.3) is 0 Å². The first-order valence-corrected chi connectivity index (χ1v) is 13.7. The smallest absolute Gasteiger partial charge is 0.167 e. The summed E-state index contributed by atoms with van der Waals surface area (Å²) in [7, 11) is 0. The quantitative estimate of drug-likeness (QED) is 0.223. The van der Waals surface area contributed by atoms with Crippen LogP contribution in [0.4, 0.5) is 5.82 Å². The van der Waals surface area contributed by atoms with Gasteiger partial charge >= 0.3 is 0 Å². The lowest BCUT2D eigenvalue weighted by Gasteiger charge is -2.35. The highest BCUT2D eigenvalue weighted by molar-refractivity contribution is 5.81. The summed E-state index contributed by atoms with van der Waals surface area (Å²) in [6.45, 7) is 1.33. The van der Waals surface area contributed by atoms with Crippen molar-refractivity contribution in [1.82, 2.24) is 34.8 Å². The molecule has 1 aromatic carbocycles. The van der Waals surface area contributed by atoms with Crippen molar-refractivity contribution >= 4 is 28.0 Å². The Hall–Kier alpha value is -3.12. The lowest BCUT2D eigenvalue weighted by atomic mass is 9.72. The fourth-order valence-electron chi connectivity index (χ4n) is 6.10. The van der Waals surface area contributed by atoms with Gasteiger partial charge in [0.2, 0.25) is 0 Å². The summed E-state index contributed by atoms with van der Waals surface area (Å²) in [5, 5.41) is 24.7. The third-order valence-corrected chi connectivity index (χ3v) is 8.50. The summed E-state index contributed by atoms with van der Waals surface area (Å²) in [5.41, 5.74) is 10.4. The normalized spacial score (nSPS) is 29.3. The molecule has 0 spiro atoms. The first-order valence-electron chi connectivity index (χ1n) is 13.7. The molecule has 4 aromatic rings. The lowest BCUT2D eigenvalue weighted by Crippen LogP contribution is -2.41. The molecule has 0 radical (unpaired) electrons. The molecule has 11 heteroatoms. The second kappa shape index (κ2) is 9.57. The third-order valence-electron chi connectivity index (χ3n) is 8.50. The van der Waals surface area contributed by atoms with Crippen molar-refractivity contribution in [3.8, 4) is 0 Å². The SMILES string of the molecule is Nc1ncnc2c1ncn2[C@@H]1O[C@H](CNC[C@H]2C[C@H](CCc3nc4cc(C5CC5)ccc4[nH]3)C2)[C@@H](O)[C@H]1O. The molecule has 1 saturated heterocycles. The molecule has 200 valence electrons. The van der Waals surface area contributed by atoms with Crippen molar-refractivity contribution in [3.05, 3.63) is 42.2 Å². The molecule has 11 nitrogen and oxygen atoms in total. The molecular formula is C27H34N8O3. The Labute approximate surface area is 219 Å². The van der Waals surface area contributed by atoms with Crippen LogP contribution in [0, 0.1) is 11.8 Å². The van der Waals surface area contributed by atoms with Crippen LogP contribution in [0.3, 0.4) is 0 Å². The third kappa shape index (κ3) is 4.43. The molecule has 1 aliphatic heterocycles. The van der Waals surface area contributed by atoms with Crippen LogP contribution in [0.2, 0.25) is 0 Å². The first kappa shape index (κ1) is 24.0. The monoisotopic (exact) mass is 518 g/mol. The molecule has 2 aliphatic carbocycles. The van der Waals surface area contributed by atoms with E-state index < -0.39 is 24.5 Å². The number of aromatic amines is 1. The molecular weight excluding hydrogens is 484 g/mol. The molecule has 7 rings (SSSR count). The van der Waals surface area contributed by atoms with Crippen LogP contribution >= 0.6 is 0 Å². The van der Waals surface area contributed by atoms with Gasteiger partial charge < -0.3 is 31.0 Å². The average Bonchev–Trinajstić information content (AvgIpc) is 3.43. The van der Waals surface area contributed by atoms with Crippen molar-refractivity contribution in [2.45, 2.75) is 69.0 Å². The van der Waals surface area contributed by atoms with Crippen molar-refractivity contribution in [2.75, 3.05) is 18.8 Å². The molecule has 0 bridgehead atoms. The van der Waals surface area contributed by atoms with Crippen LogP contribution in [-0.2, 0) is 11.2 Å². The number of rotatable bonds is 9. The largest absolute Gasteiger partial charge is 0.387 e. The van der Waals surface area contributed by atoms with Gasteiger partial charge in [-0.2, -0.15) is 0 Å². The molecule has 4 heterocycles. The Bertz CT molecular complexity index is 1440. The zero-order valence-corrected chi connectivity index (χ0v) is 21.2. The number of nitrogens with two attached hydrogens (primary N) is 1. The molecule has 38 heavy (non-hydrogen) atoms. The Morgan fingerprint density at radius 2 is 1.95 bits per heavy atom. The minimum atomic E-state index is -1.10. The Kier molecular flexibility index (Phi) is 6.03. The van der Waals surface area contributed by atoms with Gasteiger partial charge in [0.15, 0.2) is 17.7 Å². The highest BCUT2D eigenvalue weighted by Gasteiger charge is 2.44. The first-order chi connectivity index (χ1) is 18.5.